The number of H-pyrrole nitrogens is 1. The summed E-state index contributed by atoms with van der Waals surface area (Å²) in [6.07, 6.45) is 0.726. The fourth-order valence-corrected chi connectivity index (χ4v) is 3.79. The lowest BCUT2D eigenvalue weighted by atomic mass is 9.72. The number of fused-ring (bicyclic) bond motifs is 1. The van der Waals surface area contributed by atoms with E-state index in [4.69, 9.17) is 0 Å². The van der Waals surface area contributed by atoms with Crippen LogP contribution in [0, 0.1) is 18.6 Å². The summed E-state index contributed by atoms with van der Waals surface area (Å²) in [4.78, 5) is 15.9. The minimum atomic E-state index is -1.40. The number of phenolic OH excluding ortho intramolecular Hbond substituents is 1. The number of rotatable bonds is 4. The summed E-state index contributed by atoms with van der Waals surface area (Å²) in [5.41, 5.74) is 1.66. The number of halogens is 2. The van der Waals surface area contributed by atoms with Crippen molar-refractivity contribution in [2.75, 3.05) is 0 Å². The average molecular weight is 377 g/mol. The first-order valence-corrected chi connectivity index (χ1v) is 8.76. The lowest BCUT2D eigenvalue weighted by Gasteiger charge is -2.30. The number of aryl methyl sites for hydroxylation is 1. The fraction of sp³-hybridized carbons (Fsp3) is 0.0870. The lowest BCUT2D eigenvalue weighted by Crippen LogP contribution is -2.32. The quantitative estimate of drug-likeness (QED) is 0.492. The van der Waals surface area contributed by atoms with Gasteiger partial charge in [0, 0.05) is 16.6 Å². The predicted molar refractivity (Wildman–Crippen MR) is 103 cm³/mol. The highest BCUT2D eigenvalue weighted by molar-refractivity contribution is 5.90. The van der Waals surface area contributed by atoms with E-state index in [9.17, 15) is 18.7 Å². The summed E-state index contributed by atoms with van der Waals surface area (Å²) in [7, 11) is 0. The number of aldehydes is 1. The molecule has 0 radical (unpaired) electrons. The van der Waals surface area contributed by atoms with Crippen molar-refractivity contribution in [2.24, 2.45) is 0 Å². The largest absolute Gasteiger partial charge is 0.508 e. The number of carbonyl (C=O) groups excluding carboxylic acids is 1. The highest BCUT2D eigenvalue weighted by Crippen LogP contribution is 2.41. The van der Waals surface area contributed by atoms with Crippen LogP contribution >= 0.6 is 0 Å². The Hall–Kier alpha value is -3.47. The number of hydrogen-bond acceptors (Lipinski definition) is 2. The van der Waals surface area contributed by atoms with Gasteiger partial charge in [-0.2, -0.15) is 0 Å². The van der Waals surface area contributed by atoms with E-state index in [1.54, 1.807) is 12.1 Å². The van der Waals surface area contributed by atoms with Crippen LogP contribution in [0.5, 0.6) is 5.75 Å². The van der Waals surface area contributed by atoms with Gasteiger partial charge in [-0.3, -0.25) is 0 Å². The lowest BCUT2D eigenvalue weighted by molar-refractivity contribution is -0.110. The average Bonchev–Trinajstić information content (AvgIpc) is 3.04. The van der Waals surface area contributed by atoms with Gasteiger partial charge in [0.1, 0.15) is 17.5 Å². The first-order valence-electron chi connectivity index (χ1n) is 8.76. The molecular weight excluding hydrogens is 360 g/mol. The van der Waals surface area contributed by atoms with Gasteiger partial charge in [0.2, 0.25) is 0 Å². The zero-order chi connectivity index (χ0) is 19.9. The molecule has 4 aromatic rings. The van der Waals surface area contributed by atoms with Gasteiger partial charge in [0.25, 0.3) is 0 Å². The third kappa shape index (κ3) is 2.59. The number of para-hydroxylation sites is 1. The summed E-state index contributed by atoms with van der Waals surface area (Å²) in [5, 5.41) is 10.6. The molecule has 4 rings (SSSR count). The van der Waals surface area contributed by atoms with Crippen molar-refractivity contribution in [2.45, 2.75) is 12.3 Å². The van der Waals surface area contributed by atoms with Crippen molar-refractivity contribution < 1.29 is 18.7 Å². The van der Waals surface area contributed by atoms with Crippen LogP contribution < -0.4 is 0 Å². The van der Waals surface area contributed by atoms with Crippen molar-refractivity contribution in [1.82, 2.24) is 4.98 Å². The molecule has 0 aliphatic rings. The van der Waals surface area contributed by atoms with Crippen molar-refractivity contribution >= 4 is 17.2 Å². The normalized spacial score (nSPS) is 13.4. The van der Waals surface area contributed by atoms with Gasteiger partial charge in [-0.05, 0) is 53.9 Å². The molecule has 0 bridgehead atoms. The van der Waals surface area contributed by atoms with Crippen molar-refractivity contribution in [3.8, 4) is 5.75 Å². The molecule has 28 heavy (non-hydrogen) atoms. The molecule has 2 N–H and O–H groups in total. The van der Waals surface area contributed by atoms with E-state index in [0.29, 0.717) is 16.8 Å². The van der Waals surface area contributed by atoms with Crippen LogP contribution in [0.2, 0.25) is 0 Å². The SMILES string of the molecule is Cc1c([C@@](C=O)(c2ccc(O)cc2)c2ccc(F)c(F)c2)[nH]c2ccccc12. The topological polar surface area (TPSA) is 53.1 Å². The molecule has 1 heterocycles. The Kier molecular flexibility index (Phi) is 4.23. The third-order valence-corrected chi connectivity index (χ3v) is 5.23. The molecule has 3 nitrogen and oxygen atoms in total. The standard InChI is InChI=1S/C23H17F2NO2/c1-14-18-4-2-3-5-21(18)26-22(14)23(13-27,15-6-9-17(28)10-7-15)16-8-11-19(24)20(25)12-16/h2-13,26,28H,1H3/t23-/m0/s1. The van der Waals surface area contributed by atoms with Gasteiger partial charge in [-0.1, -0.05) is 36.4 Å². The maximum absolute atomic E-state index is 14.1. The van der Waals surface area contributed by atoms with Crippen molar-refractivity contribution in [3.05, 3.63) is 101 Å². The number of hydrogen-bond donors (Lipinski definition) is 2. The zero-order valence-corrected chi connectivity index (χ0v) is 15.0. The molecule has 0 amide bonds. The minimum absolute atomic E-state index is 0.0437. The number of carbonyl (C=O) groups is 1. The van der Waals surface area contributed by atoms with Crippen LogP contribution in [-0.4, -0.2) is 16.4 Å². The monoisotopic (exact) mass is 377 g/mol. The Morgan fingerprint density at radius 2 is 1.61 bits per heavy atom. The molecule has 1 aromatic heterocycles. The summed E-state index contributed by atoms with van der Waals surface area (Å²) < 4.78 is 27.7. The summed E-state index contributed by atoms with van der Waals surface area (Å²) in [6.45, 7) is 1.88. The van der Waals surface area contributed by atoms with E-state index >= 15 is 0 Å². The van der Waals surface area contributed by atoms with Crippen molar-refractivity contribution in [3.63, 3.8) is 0 Å². The Bertz CT molecular complexity index is 1180. The Morgan fingerprint density at radius 3 is 2.25 bits per heavy atom. The molecule has 0 aliphatic carbocycles. The number of phenols is 1. The van der Waals surface area contributed by atoms with Gasteiger partial charge < -0.3 is 14.9 Å². The van der Waals surface area contributed by atoms with Gasteiger partial charge in [-0.15, -0.1) is 0 Å². The number of aromatic nitrogens is 1. The van der Waals surface area contributed by atoms with E-state index in [2.05, 4.69) is 4.98 Å². The van der Waals surface area contributed by atoms with Crippen LogP contribution in [0.15, 0.2) is 66.7 Å². The molecule has 140 valence electrons. The van der Waals surface area contributed by atoms with E-state index in [1.165, 1.54) is 18.2 Å². The maximum Gasteiger partial charge on any atom is 0.159 e. The Morgan fingerprint density at radius 1 is 0.929 bits per heavy atom. The van der Waals surface area contributed by atoms with Gasteiger partial charge >= 0.3 is 0 Å². The minimum Gasteiger partial charge on any atom is -0.508 e. The highest BCUT2D eigenvalue weighted by atomic mass is 19.2. The molecule has 0 saturated carbocycles. The second-order valence-electron chi connectivity index (χ2n) is 6.77. The first kappa shape index (κ1) is 17.9. The summed E-state index contributed by atoms with van der Waals surface area (Å²) in [6, 6.07) is 17.2. The van der Waals surface area contributed by atoms with Crippen LogP contribution in [0.4, 0.5) is 8.78 Å². The number of aromatic hydroxyl groups is 1. The third-order valence-electron chi connectivity index (χ3n) is 5.23. The smallest absolute Gasteiger partial charge is 0.159 e. The second kappa shape index (κ2) is 6.60. The Balaban J connectivity index is 2.10. The van der Waals surface area contributed by atoms with Gasteiger partial charge in [0.15, 0.2) is 11.6 Å². The van der Waals surface area contributed by atoms with Gasteiger partial charge in [-0.25, -0.2) is 8.78 Å². The van der Waals surface area contributed by atoms with Crippen LogP contribution in [-0.2, 0) is 10.2 Å². The van der Waals surface area contributed by atoms with E-state index in [1.807, 2.05) is 31.2 Å². The second-order valence-corrected chi connectivity index (χ2v) is 6.77. The van der Waals surface area contributed by atoms with E-state index in [-0.39, 0.29) is 5.75 Å². The van der Waals surface area contributed by atoms with Gasteiger partial charge in [0.05, 0.1) is 0 Å². The molecule has 0 aliphatic heterocycles. The molecule has 0 spiro atoms. The molecule has 0 unspecified atom stereocenters. The van der Waals surface area contributed by atoms with Crippen molar-refractivity contribution in [1.29, 1.82) is 0 Å². The number of benzene rings is 3. The van der Waals surface area contributed by atoms with E-state index in [0.717, 1.165) is 34.9 Å². The molecule has 3 aromatic carbocycles. The maximum atomic E-state index is 14.1. The molecule has 5 heteroatoms. The van der Waals surface area contributed by atoms with Crippen LogP contribution in [0.3, 0.4) is 0 Å². The van der Waals surface area contributed by atoms with Crippen LogP contribution in [0.25, 0.3) is 10.9 Å². The molecule has 1 atom stereocenters. The molecule has 0 saturated heterocycles. The Labute approximate surface area is 160 Å². The molecule has 0 fully saturated rings. The number of nitrogens with one attached hydrogen (secondary N) is 1. The fourth-order valence-electron chi connectivity index (χ4n) is 3.79. The summed E-state index contributed by atoms with van der Waals surface area (Å²) >= 11 is 0. The summed E-state index contributed by atoms with van der Waals surface area (Å²) in [5.74, 6) is -1.97. The first-order chi connectivity index (χ1) is 13.5. The predicted octanol–water partition coefficient (Wildman–Crippen LogP) is 4.99. The van der Waals surface area contributed by atoms with E-state index < -0.39 is 17.0 Å². The zero-order valence-electron chi connectivity index (χ0n) is 15.0. The highest BCUT2D eigenvalue weighted by Gasteiger charge is 2.40. The van der Waals surface area contributed by atoms with Crippen LogP contribution in [0.1, 0.15) is 22.4 Å². The molecular formula is C23H17F2NO2. The number of aromatic amines is 1.